The van der Waals surface area contributed by atoms with Gasteiger partial charge in [-0.3, -0.25) is 4.79 Å². The largest absolute Gasteiger partial charge is 0.375 e. The predicted molar refractivity (Wildman–Crippen MR) is 112 cm³/mol. The van der Waals surface area contributed by atoms with Crippen LogP contribution in [0.1, 0.15) is 43.0 Å². The molecule has 0 saturated carbocycles. The van der Waals surface area contributed by atoms with Crippen molar-refractivity contribution in [1.82, 2.24) is 0 Å². The first kappa shape index (κ1) is 18.1. The van der Waals surface area contributed by atoms with E-state index in [1.807, 2.05) is 24.3 Å². The third-order valence-corrected chi connectivity index (χ3v) is 5.90. The highest BCUT2D eigenvalue weighted by Gasteiger charge is 2.41. The van der Waals surface area contributed by atoms with E-state index in [2.05, 4.69) is 56.5 Å². The van der Waals surface area contributed by atoms with Crippen LogP contribution in [0.15, 0.2) is 48.2 Å². The van der Waals surface area contributed by atoms with Gasteiger partial charge < -0.3 is 10.6 Å². The Labute approximate surface area is 165 Å². The molecule has 0 aromatic heterocycles. The Hall–Kier alpha value is -2.26. The molecule has 1 aliphatic carbocycles. The molecular weight excluding hydrogens is 356 g/mol. The number of fused-ring (bicyclic) bond motifs is 2. The van der Waals surface area contributed by atoms with Crippen molar-refractivity contribution in [2.24, 2.45) is 11.3 Å². The smallest absolute Gasteiger partial charge is 0.145 e. The summed E-state index contributed by atoms with van der Waals surface area (Å²) in [5.74, 6) is 0.0194. The Morgan fingerprint density at radius 2 is 1.67 bits per heavy atom. The number of nitrogens with one attached hydrogen (secondary N) is 2. The zero-order valence-electron chi connectivity index (χ0n) is 16.2. The van der Waals surface area contributed by atoms with Crippen molar-refractivity contribution in [2.45, 2.75) is 40.2 Å². The minimum absolute atomic E-state index is 0.132. The van der Waals surface area contributed by atoms with E-state index in [1.54, 1.807) is 0 Å². The number of Topliss-reactive ketones (excluding diaryl/α,β-unsaturated/α-hetero) is 1. The molecule has 2 unspecified atom stereocenters. The number of aryl methyl sites for hydroxylation is 2. The van der Waals surface area contributed by atoms with Gasteiger partial charge in [-0.2, -0.15) is 0 Å². The Bertz CT molecular complexity index is 944. The molecule has 0 radical (unpaired) electrons. The molecule has 0 fully saturated rings. The van der Waals surface area contributed by atoms with Crippen molar-refractivity contribution in [3.05, 3.63) is 69.9 Å². The maximum Gasteiger partial charge on any atom is 0.145 e. The van der Waals surface area contributed by atoms with Crippen molar-refractivity contribution in [3.63, 3.8) is 0 Å². The number of allylic oxidation sites excluding steroid dienone is 1. The standard InChI is InChI=1S/C23H25ClN2O/c1-13-9-17-18(10-14(13)2)26-22(15-5-7-16(24)8-6-15)21-19(25-17)11-23(3,4)12-20(21)27/h5-11,21-22,25-26H,12H2,1-4H3. The van der Waals surface area contributed by atoms with Gasteiger partial charge in [-0.05, 0) is 60.2 Å². The number of rotatable bonds is 1. The van der Waals surface area contributed by atoms with Crippen LogP contribution < -0.4 is 10.6 Å². The van der Waals surface area contributed by atoms with E-state index in [0.717, 1.165) is 22.6 Å². The van der Waals surface area contributed by atoms with E-state index in [4.69, 9.17) is 11.6 Å². The van der Waals surface area contributed by atoms with E-state index in [9.17, 15) is 4.79 Å². The summed E-state index contributed by atoms with van der Waals surface area (Å²) in [6, 6.07) is 12.0. The minimum Gasteiger partial charge on any atom is -0.375 e. The maximum atomic E-state index is 13.2. The summed E-state index contributed by atoms with van der Waals surface area (Å²) in [5, 5.41) is 7.93. The molecule has 2 aromatic carbocycles. The Kier molecular flexibility index (Phi) is 4.31. The molecule has 2 atom stereocenters. The van der Waals surface area contributed by atoms with Crippen molar-refractivity contribution in [1.29, 1.82) is 0 Å². The van der Waals surface area contributed by atoms with Gasteiger partial charge in [0.2, 0.25) is 0 Å². The first-order valence-electron chi connectivity index (χ1n) is 9.39. The minimum atomic E-state index is -0.243. The number of anilines is 2. The van der Waals surface area contributed by atoms with E-state index in [1.165, 1.54) is 11.1 Å². The number of hydrogen-bond donors (Lipinski definition) is 2. The van der Waals surface area contributed by atoms with Gasteiger partial charge in [-0.1, -0.05) is 43.7 Å². The molecule has 1 aliphatic heterocycles. The van der Waals surface area contributed by atoms with Gasteiger partial charge in [-0.25, -0.2) is 0 Å². The summed E-state index contributed by atoms with van der Waals surface area (Å²) in [6.07, 6.45) is 2.77. The average Bonchev–Trinajstić information content (AvgIpc) is 2.71. The normalized spacial score (nSPS) is 23.3. The lowest BCUT2D eigenvalue weighted by atomic mass is 9.72. The summed E-state index contributed by atoms with van der Waals surface area (Å²) in [5.41, 5.74) is 6.41. The fraction of sp³-hybridized carbons (Fsp3) is 0.348. The highest BCUT2D eigenvalue weighted by molar-refractivity contribution is 6.30. The van der Waals surface area contributed by atoms with Crippen LogP contribution in [0, 0.1) is 25.2 Å². The lowest BCUT2D eigenvalue weighted by Gasteiger charge is -2.35. The summed E-state index contributed by atoms with van der Waals surface area (Å²) < 4.78 is 0. The van der Waals surface area contributed by atoms with E-state index in [0.29, 0.717) is 11.4 Å². The van der Waals surface area contributed by atoms with Gasteiger partial charge in [0.05, 0.1) is 23.3 Å². The van der Waals surface area contributed by atoms with Gasteiger partial charge in [0.25, 0.3) is 0 Å². The van der Waals surface area contributed by atoms with Gasteiger partial charge in [-0.15, -0.1) is 0 Å². The molecule has 27 heavy (non-hydrogen) atoms. The molecule has 0 spiro atoms. The Balaban J connectivity index is 1.89. The molecule has 3 nitrogen and oxygen atoms in total. The first-order valence-corrected chi connectivity index (χ1v) is 9.77. The van der Waals surface area contributed by atoms with Gasteiger partial charge >= 0.3 is 0 Å². The van der Waals surface area contributed by atoms with Crippen molar-refractivity contribution < 1.29 is 4.79 Å². The number of ketones is 1. The van der Waals surface area contributed by atoms with Crippen LogP contribution >= 0.6 is 11.6 Å². The highest BCUT2D eigenvalue weighted by atomic mass is 35.5. The van der Waals surface area contributed by atoms with Crippen LogP contribution in [-0.4, -0.2) is 5.78 Å². The zero-order valence-corrected chi connectivity index (χ0v) is 16.9. The summed E-state index contributed by atoms with van der Waals surface area (Å²) >= 11 is 6.09. The quantitative estimate of drug-likeness (QED) is 0.634. The molecule has 1 heterocycles. The summed E-state index contributed by atoms with van der Waals surface area (Å²) in [6.45, 7) is 8.46. The van der Waals surface area contributed by atoms with Gasteiger partial charge in [0.15, 0.2) is 0 Å². The second-order valence-corrected chi connectivity index (χ2v) is 8.93. The monoisotopic (exact) mass is 380 g/mol. The molecule has 0 amide bonds. The number of carbonyl (C=O) groups excluding carboxylic acids is 1. The third-order valence-electron chi connectivity index (χ3n) is 5.64. The van der Waals surface area contributed by atoms with Crippen LogP contribution in [0.4, 0.5) is 11.4 Å². The molecule has 0 bridgehead atoms. The number of benzene rings is 2. The molecule has 4 rings (SSSR count). The second kappa shape index (κ2) is 6.42. The van der Waals surface area contributed by atoms with Gasteiger partial charge in [0.1, 0.15) is 5.78 Å². The van der Waals surface area contributed by atoms with Crippen LogP contribution in [0.25, 0.3) is 0 Å². The van der Waals surface area contributed by atoms with Crippen LogP contribution in [0.2, 0.25) is 5.02 Å². The fourth-order valence-electron chi connectivity index (χ4n) is 4.16. The van der Waals surface area contributed by atoms with Crippen molar-refractivity contribution >= 4 is 28.8 Å². The summed E-state index contributed by atoms with van der Waals surface area (Å²) in [7, 11) is 0. The number of halogens is 1. The molecule has 4 heteroatoms. The molecular formula is C23H25ClN2O. The maximum absolute atomic E-state index is 13.2. The zero-order chi connectivity index (χ0) is 19.3. The number of carbonyl (C=O) groups is 1. The SMILES string of the molecule is Cc1cc2c(cc1C)NC(c1ccc(Cl)cc1)C1C(=O)CC(C)(C)C=C1N2. The van der Waals surface area contributed by atoms with Crippen molar-refractivity contribution in [3.8, 4) is 0 Å². The highest BCUT2D eigenvalue weighted by Crippen LogP contribution is 2.45. The first-order chi connectivity index (χ1) is 12.7. The third kappa shape index (κ3) is 3.37. The van der Waals surface area contributed by atoms with E-state index < -0.39 is 0 Å². The Morgan fingerprint density at radius 1 is 1.04 bits per heavy atom. The van der Waals surface area contributed by atoms with E-state index >= 15 is 0 Å². The topological polar surface area (TPSA) is 41.1 Å². The van der Waals surface area contributed by atoms with Gasteiger partial charge in [0, 0.05) is 17.1 Å². The molecule has 140 valence electrons. The number of hydrogen-bond acceptors (Lipinski definition) is 3. The fourth-order valence-corrected chi connectivity index (χ4v) is 4.29. The Morgan fingerprint density at radius 3 is 2.33 bits per heavy atom. The van der Waals surface area contributed by atoms with Crippen LogP contribution in [-0.2, 0) is 4.79 Å². The van der Waals surface area contributed by atoms with Crippen LogP contribution in [0.5, 0.6) is 0 Å². The van der Waals surface area contributed by atoms with Crippen molar-refractivity contribution in [2.75, 3.05) is 10.6 Å². The molecule has 2 aromatic rings. The average molecular weight is 381 g/mol. The summed E-state index contributed by atoms with van der Waals surface area (Å²) in [4.78, 5) is 13.2. The lowest BCUT2D eigenvalue weighted by Crippen LogP contribution is -2.36. The molecule has 2 N–H and O–H groups in total. The molecule has 2 aliphatic rings. The van der Waals surface area contributed by atoms with E-state index in [-0.39, 0.29) is 23.2 Å². The lowest BCUT2D eigenvalue weighted by molar-refractivity contribution is -0.124. The molecule has 0 saturated heterocycles. The second-order valence-electron chi connectivity index (χ2n) is 8.49. The predicted octanol–water partition coefficient (Wildman–Crippen LogP) is 6.03. The van der Waals surface area contributed by atoms with Crippen LogP contribution in [0.3, 0.4) is 0 Å².